The van der Waals surface area contributed by atoms with Crippen LogP contribution in [0.3, 0.4) is 0 Å². The van der Waals surface area contributed by atoms with Crippen molar-refractivity contribution in [1.29, 1.82) is 0 Å². The molecule has 4 nitrogen and oxygen atoms in total. The fourth-order valence-corrected chi connectivity index (χ4v) is 4.70. The van der Waals surface area contributed by atoms with E-state index in [1.54, 1.807) is 0 Å². The zero-order valence-corrected chi connectivity index (χ0v) is 15.6. The second-order valence-electron chi connectivity index (χ2n) is 7.71. The van der Waals surface area contributed by atoms with Gasteiger partial charge in [-0.15, -0.1) is 0 Å². The Kier molecular flexibility index (Phi) is 5.92. The van der Waals surface area contributed by atoms with Gasteiger partial charge in [-0.25, -0.2) is 0 Å². The number of piperidine rings is 2. The van der Waals surface area contributed by atoms with Gasteiger partial charge in [-0.05, 0) is 63.0 Å². The summed E-state index contributed by atoms with van der Waals surface area (Å²) in [6.45, 7) is 4.38. The second-order valence-corrected chi connectivity index (χ2v) is 7.71. The first-order valence-electron chi connectivity index (χ1n) is 10.2. The maximum Gasteiger partial charge on any atom is 0.0544 e. The Bertz CT molecular complexity index is 601. The molecule has 2 saturated heterocycles. The Hall–Kier alpha value is -1.78. The summed E-state index contributed by atoms with van der Waals surface area (Å²) in [5.41, 5.74) is 2.40. The highest BCUT2D eigenvalue weighted by molar-refractivity contribution is 5.06. The number of likely N-dealkylation sites (tertiary alicyclic amines) is 2. The van der Waals surface area contributed by atoms with Crippen molar-refractivity contribution < 1.29 is 0 Å². The van der Waals surface area contributed by atoms with Gasteiger partial charge in [0.1, 0.15) is 0 Å². The van der Waals surface area contributed by atoms with Crippen molar-refractivity contribution in [2.75, 3.05) is 13.1 Å². The highest BCUT2D eigenvalue weighted by Crippen LogP contribution is 2.30. The van der Waals surface area contributed by atoms with Gasteiger partial charge in [-0.1, -0.05) is 25.0 Å². The van der Waals surface area contributed by atoms with Gasteiger partial charge in [0.05, 0.1) is 11.4 Å². The van der Waals surface area contributed by atoms with Crippen LogP contribution in [0.25, 0.3) is 0 Å². The molecular formula is C22H30N4. The number of aromatic nitrogens is 2. The third-order valence-corrected chi connectivity index (χ3v) is 5.96. The van der Waals surface area contributed by atoms with Crippen molar-refractivity contribution in [2.45, 2.75) is 63.7 Å². The minimum absolute atomic E-state index is 0.648. The zero-order valence-electron chi connectivity index (χ0n) is 15.6. The minimum Gasteiger partial charge on any atom is -0.293 e. The largest absolute Gasteiger partial charge is 0.293 e. The first kappa shape index (κ1) is 17.6. The fraction of sp³-hybridized carbons (Fsp3) is 0.545. The monoisotopic (exact) mass is 350 g/mol. The number of nitrogens with zero attached hydrogens (tertiary/aromatic N) is 4. The quantitative estimate of drug-likeness (QED) is 0.819. The molecule has 138 valence electrons. The molecule has 0 aliphatic carbocycles. The maximum absolute atomic E-state index is 4.57. The molecule has 0 saturated carbocycles. The van der Waals surface area contributed by atoms with Crippen LogP contribution in [0.15, 0.2) is 48.8 Å². The first-order valence-corrected chi connectivity index (χ1v) is 10.2. The Morgan fingerprint density at radius 3 is 1.62 bits per heavy atom. The van der Waals surface area contributed by atoms with Gasteiger partial charge in [-0.3, -0.25) is 19.8 Å². The minimum atomic E-state index is 0.648. The van der Waals surface area contributed by atoms with Crippen LogP contribution in [0.4, 0.5) is 0 Å². The third-order valence-electron chi connectivity index (χ3n) is 5.96. The van der Waals surface area contributed by atoms with Gasteiger partial charge in [0.25, 0.3) is 0 Å². The number of pyridine rings is 2. The molecule has 4 heteroatoms. The highest BCUT2D eigenvalue weighted by Gasteiger charge is 2.35. The van der Waals surface area contributed by atoms with Crippen molar-refractivity contribution >= 4 is 0 Å². The summed E-state index contributed by atoms with van der Waals surface area (Å²) in [5.74, 6) is 0. The van der Waals surface area contributed by atoms with E-state index in [1.807, 2.05) is 24.5 Å². The Labute approximate surface area is 157 Å². The lowest BCUT2D eigenvalue weighted by molar-refractivity contribution is 0.0212. The lowest BCUT2D eigenvalue weighted by Crippen LogP contribution is -2.54. The van der Waals surface area contributed by atoms with Crippen molar-refractivity contribution in [3.63, 3.8) is 0 Å². The predicted octanol–water partition coefficient (Wildman–Crippen LogP) is 3.89. The molecule has 0 amide bonds. The molecule has 0 spiro atoms. The van der Waals surface area contributed by atoms with E-state index in [-0.39, 0.29) is 0 Å². The van der Waals surface area contributed by atoms with Crippen molar-refractivity contribution in [3.8, 4) is 0 Å². The van der Waals surface area contributed by atoms with Gasteiger partial charge in [0.2, 0.25) is 0 Å². The van der Waals surface area contributed by atoms with E-state index in [0.29, 0.717) is 12.1 Å². The fourth-order valence-electron chi connectivity index (χ4n) is 4.70. The normalized spacial score (nSPS) is 25.2. The van der Waals surface area contributed by atoms with Crippen LogP contribution < -0.4 is 0 Å². The van der Waals surface area contributed by atoms with E-state index in [0.717, 1.165) is 13.1 Å². The molecule has 0 radical (unpaired) electrons. The van der Waals surface area contributed by atoms with E-state index >= 15 is 0 Å². The van der Waals surface area contributed by atoms with Gasteiger partial charge < -0.3 is 0 Å². The van der Waals surface area contributed by atoms with Gasteiger partial charge in [0.15, 0.2) is 0 Å². The summed E-state index contributed by atoms with van der Waals surface area (Å²) in [4.78, 5) is 14.6. The van der Waals surface area contributed by atoms with E-state index in [4.69, 9.17) is 0 Å². The molecule has 4 heterocycles. The molecule has 0 bridgehead atoms. The molecule has 2 aromatic heterocycles. The molecule has 0 N–H and O–H groups in total. The lowest BCUT2D eigenvalue weighted by atomic mass is 9.88. The van der Waals surface area contributed by atoms with Gasteiger partial charge in [-0.2, -0.15) is 0 Å². The van der Waals surface area contributed by atoms with Crippen LogP contribution in [-0.4, -0.2) is 44.9 Å². The van der Waals surface area contributed by atoms with E-state index in [2.05, 4.69) is 44.0 Å². The Morgan fingerprint density at radius 2 is 1.19 bits per heavy atom. The van der Waals surface area contributed by atoms with Crippen molar-refractivity contribution in [2.24, 2.45) is 0 Å². The smallest absolute Gasteiger partial charge is 0.0544 e. The molecule has 4 rings (SSSR count). The van der Waals surface area contributed by atoms with Crippen LogP contribution in [-0.2, 0) is 13.1 Å². The molecular weight excluding hydrogens is 320 g/mol. The average molecular weight is 351 g/mol. The average Bonchev–Trinajstić information content (AvgIpc) is 2.71. The third kappa shape index (κ3) is 4.30. The standard InChI is InChI=1S/C22H30N4/c1-5-13-23-19(9-1)17-25-15-7-3-11-21(25)22-12-4-8-16-26(22)18-20-10-2-6-14-24-20/h1-2,5-6,9-10,13-14,21-22H,3-4,7-8,11-12,15-18H2/t21-,22+. The summed E-state index contributed by atoms with van der Waals surface area (Å²) < 4.78 is 0. The number of hydrogen-bond donors (Lipinski definition) is 0. The molecule has 2 aliphatic rings. The maximum atomic E-state index is 4.57. The molecule has 26 heavy (non-hydrogen) atoms. The molecule has 0 unspecified atom stereocenters. The van der Waals surface area contributed by atoms with E-state index in [1.165, 1.54) is 63.0 Å². The summed E-state index contributed by atoms with van der Waals surface area (Å²) in [6, 6.07) is 13.9. The molecule has 2 fully saturated rings. The van der Waals surface area contributed by atoms with Crippen molar-refractivity contribution in [3.05, 3.63) is 60.2 Å². The molecule has 2 atom stereocenters. The summed E-state index contributed by atoms with van der Waals surface area (Å²) >= 11 is 0. The lowest BCUT2D eigenvalue weighted by Gasteiger charge is -2.46. The Morgan fingerprint density at radius 1 is 0.692 bits per heavy atom. The SMILES string of the molecule is c1ccc(CN2CCCC[C@@H]2[C@@H]2CCCCN2Cc2ccccn2)nc1. The van der Waals surface area contributed by atoms with Gasteiger partial charge in [0, 0.05) is 37.6 Å². The second kappa shape index (κ2) is 8.74. The van der Waals surface area contributed by atoms with Crippen molar-refractivity contribution in [1.82, 2.24) is 19.8 Å². The molecule has 0 aromatic carbocycles. The summed E-state index contributed by atoms with van der Waals surface area (Å²) in [6.07, 6.45) is 11.8. The van der Waals surface area contributed by atoms with E-state index in [9.17, 15) is 0 Å². The zero-order chi connectivity index (χ0) is 17.6. The van der Waals surface area contributed by atoms with Crippen LogP contribution in [0.5, 0.6) is 0 Å². The number of hydrogen-bond acceptors (Lipinski definition) is 4. The van der Waals surface area contributed by atoms with E-state index < -0.39 is 0 Å². The van der Waals surface area contributed by atoms with Crippen LogP contribution in [0.2, 0.25) is 0 Å². The topological polar surface area (TPSA) is 32.3 Å². The highest BCUT2D eigenvalue weighted by atomic mass is 15.3. The summed E-state index contributed by atoms with van der Waals surface area (Å²) in [7, 11) is 0. The predicted molar refractivity (Wildman–Crippen MR) is 105 cm³/mol. The Balaban J connectivity index is 1.49. The summed E-state index contributed by atoms with van der Waals surface area (Å²) in [5, 5.41) is 0. The van der Waals surface area contributed by atoms with Crippen LogP contribution >= 0.6 is 0 Å². The first-order chi connectivity index (χ1) is 12.9. The van der Waals surface area contributed by atoms with Crippen LogP contribution in [0.1, 0.15) is 49.9 Å². The molecule has 2 aromatic rings. The van der Waals surface area contributed by atoms with Gasteiger partial charge >= 0.3 is 0 Å². The van der Waals surface area contributed by atoms with Crippen LogP contribution in [0, 0.1) is 0 Å². The number of rotatable bonds is 5. The molecule has 2 aliphatic heterocycles.